The summed E-state index contributed by atoms with van der Waals surface area (Å²) in [6.07, 6.45) is 6.72. The van der Waals surface area contributed by atoms with E-state index < -0.39 is 12.0 Å². The molecule has 1 fully saturated rings. The van der Waals surface area contributed by atoms with Crippen LogP contribution in [0.4, 0.5) is 0 Å². The Balaban J connectivity index is 2.35. The van der Waals surface area contributed by atoms with Gasteiger partial charge in [0.1, 0.15) is 12.6 Å². The SMILES string of the molecule is CCCCCCCCC(=O)N1CC(=O)NCC1C(=O)O. The number of amides is 2. The number of hydrogen-bond donors (Lipinski definition) is 2. The van der Waals surface area contributed by atoms with Crippen LogP contribution in [0.25, 0.3) is 0 Å². The van der Waals surface area contributed by atoms with Crippen LogP contribution < -0.4 is 5.32 Å². The van der Waals surface area contributed by atoms with Crippen LogP contribution in [0.3, 0.4) is 0 Å². The predicted octanol–water partition coefficient (Wildman–Crippen LogP) is 1.15. The Labute approximate surface area is 119 Å². The van der Waals surface area contributed by atoms with Gasteiger partial charge in [0.15, 0.2) is 0 Å². The number of nitrogens with zero attached hydrogens (tertiary/aromatic N) is 1. The molecule has 1 aliphatic rings. The van der Waals surface area contributed by atoms with Gasteiger partial charge in [-0.15, -0.1) is 0 Å². The van der Waals surface area contributed by atoms with E-state index in [1.165, 1.54) is 24.2 Å². The second-order valence-corrected chi connectivity index (χ2v) is 5.20. The van der Waals surface area contributed by atoms with Crippen molar-refractivity contribution in [1.29, 1.82) is 0 Å². The number of carbonyl (C=O) groups is 3. The van der Waals surface area contributed by atoms with Gasteiger partial charge in [-0.05, 0) is 6.42 Å². The Morgan fingerprint density at radius 3 is 2.55 bits per heavy atom. The van der Waals surface area contributed by atoms with Crippen molar-refractivity contribution in [3.05, 3.63) is 0 Å². The molecule has 0 radical (unpaired) electrons. The molecule has 1 atom stereocenters. The molecule has 0 aromatic rings. The first-order valence-electron chi connectivity index (χ1n) is 7.35. The van der Waals surface area contributed by atoms with Gasteiger partial charge in [0.2, 0.25) is 11.8 Å². The minimum absolute atomic E-state index is 0.00356. The number of aliphatic carboxylic acids is 1. The summed E-state index contributed by atoms with van der Waals surface area (Å²) in [7, 11) is 0. The zero-order valence-corrected chi connectivity index (χ0v) is 12.1. The van der Waals surface area contributed by atoms with Crippen molar-refractivity contribution in [2.45, 2.75) is 57.9 Å². The van der Waals surface area contributed by atoms with Crippen LogP contribution in [0.15, 0.2) is 0 Å². The second kappa shape index (κ2) is 8.55. The number of hydrogen-bond acceptors (Lipinski definition) is 3. The Morgan fingerprint density at radius 2 is 1.90 bits per heavy atom. The van der Waals surface area contributed by atoms with Gasteiger partial charge in [-0.3, -0.25) is 9.59 Å². The van der Waals surface area contributed by atoms with E-state index in [0.29, 0.717) is 6.42 Å². The third-order valence-corrected chi connectivity index (χ3v) is 3.53. The highest BCUT2D eigenvalue weighted by Gasteiger charge is 2.34. The summed E-state index contributed by atoms with van der Waals surface area (Å²) < 4.78 is 0. The van der Waals surface area contributed by atoms with Crippen LogP contribution in [0.2, 0.25) is 0 Å². The highest BCUT2D eigenvalue weighted by Crippen LogP contribution is 2.11. The average molecular weight is 284 g/mol. The van der Waals surface area contributed by atoms with Gasteiger partial charge < -0.3 is 15.3 Å². The van der Waals surface area contributed by atoms with Gasteiger partial charge in [-0.2, -0.15) is 0 Å². The first kappa shape index (κ1) is 16.5. The fourth-order valence-electron chi connectivity index (χ4n) is 2.32. The molecule has 6 nitrogen and oxygen atoms in total. The van der Waals surface area contributed by atoms with Crippen LogP contribution in [0.5, 0.6) is 0 Å². The lowest BCUT2D eigenvalue weighted by atomic mass is 10.1. The number of rotatable bonds is 8. The lowest BCUT2D eigenvalue weighted by molar-refractivity contribution is -0.154. The average Bonchev–Trinajstić information content (AvgIpc) is 2.42. The molecule has 2 amide bonds. The van der Waals surface area contributed by atoms with Crippen molar-refractivity contribution < 1.29 is 19.5 Å². The zero-order chi connectivity index (χ0) is 15.0. The number of carboxylic acid groups (broad SMARTS) is 1. The maximum Gasteiger partial charge on any atom is 0.328 e. The normalized spacial score (nSPS) is 18.8. The van der Waals surface area contributed by atoms with E-state index in [0.717, 1.165) is 19.3 Å². The standard InChI is InChI=1S/C14H24N2O4/c1-2-3-4-5-6-7-8-13(18)16-10-12(17)15-9-11(16)14(19)20/h11H,2-10H2,1H3,(H,15,17)(H,19,20). The van der Waals surface area contributed by atoms with Gasteiger partial charge >= 0.3 is 5.97 Å². The largest absolute Gasteiger partial charge is 0.480 e. The first-order chi connectivity index (χ1) is 9.56. The quantitative estimate of drug-likeness (QED) is 0.655. The summed E-state index contributed by atoms with van der Waals surface area (Å²) in [6, 6.07) is -0.930. The summed E-state index contributed by atoms with van der Waals surface area (Å²) in [6.45, 7) is 2.00. The fraction of sp³-hybridized carbons (Fsp3) is 0.786. The predicted molar refractivity (Wildman–Crippen MR) is 74.1 cm³/mol. The van der Waals surface area contributed by atoms with Gasteiger partial charge in [-0.25, -0.2) is 4.79 Å². The Morgan fingerprint density at radius 1 is 1.25 bits per heavy atom. The second-order valence-electron chi connectivity index (χ2n) is 5.20. The molecule has 0 aromatic carbocycles. The van der Waals surface area contributed by atoms with E-state index in [-0.39, 0.29) is 24.9 Å². The van der Waals surface area contributed by atoms with E-state index >= 15 is 0 Å². The van der Waals surface area contributed by atoms with Crippen LogP contribution in [-0.4, -0.2) is 46.9 Å². The molecule has 0 spiro atoms. The molecule has 0 aliphatic carbocycles. The molecule has 2 N–H and O–H groups in total. The monoisotopic (exact) mass is 284 g/mol. The minimum Gasteiger partial charge on any atom is -0.480 e. The molecule has 114 valence electrons. The molecule has 1 rings (SSSR count). The van der Waals surface area contributed by atoms with Gasteiger partial charge in [-0.1, -0.05) is 39.0 Å². The highest BCUT2D eigenvalue weighted by molar-refractivity contribution is 5.91. The Bertz CT molecular complexity index is 357. The Hall–Kier alpha value is -1.59. The number of carbonyl (C=O) groups excluding carboxylic acids is 2. The van der Waals surface area contributed by atoms with Crippen molar-refractivity contribution in [2.24, 2.45) is 0 Å². The van der Waals surface area contributed by atoms with Crippen molar-refractivity contribution >= 4 is 17.8 Å². The van der Waals surface area contributed by atoms with Crippen molar-refractivity contribution in [2.75, 3.05) is 13.1 Å². The van der Waals surface area contributed by atoms with E-state index in [1.54, 1.807) is 0 Å². The van der Waals surface area contributed by atoms with E-state index in [4.69, 9.17) is 5.11 Å². The molecule has 0 aromatic heterocycles. The summed E-state index contributed by atoms with van der Waals surface area (Å²) in [4.78, 5) is 35.6. The van der Waals surface area contributed by atoms with E-state index in [1.807, 2.05) is 0 Å². The molecule has 0 saturated carbocycles. The van der Waals surface area contributed by atoms with Crippen LogP contribution >= 0.6 is 0 Å². The third kappa shape index (κ3) is 5.19. The fourth-order valence-corrected chi connectivity index (χ4v) is 2.32. The number of unbranched alkanes of at least 4 members (excludes halogenated alkanes) is 5. The molecular weight excluding hydrogens is 260 g/mol. The number of carboxylic acids is 1. The van der Waals surface area contributed by atoms with Crippen molar-refractivity contribution in [3.8, 4) is 0 Å². The number of nitrogens with one attached hydrogen (secondary N) is 1. The summed E-state index contributed by atoms with van der Waals surface area (Å²) >= 11 is 0. The smallest absolute Gasteiger partial charge is 0.328 e. The first-order valence-corrected chi connectivity index (χ1v) is 7.35. The van der Waals surface area contributed by atoms with Gasteiger partial charge in [0, 0.05) is 13.0 Å². The highest BCUT2D eigenvalue weighted by atomic mass is 16.4. The summed E-state index contributed by atoms with van der Waals surface area (Å²) in [5, 5.41) is 11.5. The molecule has 1 heterocycles. The molecule has 6 heteroatoms. The minimum atomic E-state index is -1.07. The summed E-state index contributed by atoms with van der Waals surface area (Å²) in [5.41, 5.74) is 0. The molecule has 20 heavy (non-hydrogen) atoms. The zero-order valence-electron chi connectivity index (χ0n) is 12.1. The Kier molecular flexibility index (Phi) is 7.04. The van der Waals surface area contributed by atoms with Crippen LogP contribution in [-0.2, 0) is 14.4 Å². The molecule has 0 bridgehead atoms. The maximum atomic E-state index is 12.0. The lowest BCUT2D eigenvalue weighted by Crippen LogP contribution is -2.59. The maximum absolute atomic E-state index is 12.0. The topological polar surface area (TPSA) is 86.7 Å². The summed E-state index contributed by atoms with van der Waals surface area (Å²) in [5.74, 6) is -1.59. The lowest BCUT2D eigenvalue weighted by Gasteiger charge is -2.32. The molecule has 1 saturated heterocycles. The van der Waals surface area contributed by atoms with Gasteiger partial charge in [0.25, 0.3) is 0 Å². The van der Waals surface area contributed by atoms with E-state index in [9.17, 15) is 14.4 Å². The third-order valence-electron chi connectivity index (χ3n) is 3.53. The van der Waals surface area contributed by atoms with Crippen LogP contribution in [0, 0.1) is 0 Å². The molecule has 1 unspecified atom stereocenters. The van der Waals surface area contributed by atoms with Crippen LogP contribution in [0.1, 0.15) is 51.9 Å². The molecular formula is C14H24N2O4. The van der Waals surface area contributed by atoms with E-state index in [2.05, 4.69) is 12.2 Å². The molecule has 1 aliphatic heterocycles. The van der Waals surface area contributed by atoms with Crippen molar-refractivity contribution in [3.63, 3.8) is 0 Å². The number of piperazine rings is 1. The van der Waals surface area contributed by atoms with Crippen molar-refractivity contribution in [1.82, 2.24) is 10.2 Å². The van der Waals surface area contributed by atoms with Gasteiger partial charge in [0.05, 0.1) is 0 Å².